The van der Waals surface area contributed by atoms with Gasteiger partial charge in [-0.15, -0.1) is 0 Å². The molecule has 0 spiro atoms. The molecule has 1 aromatic heterocycles. The number of aromatic nitrogens is 2. The molecule has 19 heavy (non-hydrogen) atoms. The smallest absolute Gasteiger partial charge is 0.254 e. The quantitative estimate of drug-likeness (QED) is 0.813. The van der Waals surface area contributed by atoms with E-state index >= 15 is 0 Å². The SMILES string of the molecule is CCc1nc(OCC2(N)CCCCCC2)cc(=O)[nH]1. The Balaban J connectivity index is 2.01. The molecular formula is C14H23N3O2. The average molecular weight is 265 g/mol. The van der Waals surface area contributed by atoms with Crippen LogP contribution < -0.4 is 16.0 Å². The number of H-pyrrole nitrogens is 1. The third-order valence-electron chi connectivity index (χ3n) is 3.71. The van der Waals surface area contributed by atoms with Crippen LogP contribution in [0.3, 0.4) is 0 Å². The van der Waals surface area contributed by atoms with Crippen LogP contribution in [0.5, 0.6) is 5.88 Å². The van der Waals surface area contributed by atoms with Gasteiger partial charge in [-0.05, 0) is 12.8 Å². The Bertz CT molecular complexity index is 462. The maximum absolute atomic E-state index is 11.4. The molecule has 1 aromatic rings. The van der Waals surface area contributed by atoms with Crippen LogP contribution >= 0.6 is 0 Å². The van der Waals surface area contributed by atoms with Crippen molar-refractivity contribution in [1.82, 2.24) is 9.97 Å². The van der Waals surface area contributed by atoms with Crippen molar-refractivity contribution >= 4 is 0 Å². The van der Waals surface area contributed by atoms with Crippen molar-refractivity contribution in [3.8, 4) is 5.88 Å². The molecule has 5 heteroatoms. The molecule has 1 saturated carbocycles. The summed E-state index contributed by atoms with van der Waals surface area (Å²) in [6.07, 6.45) is 7.46. The third kappa shape index (κ3) is 4.06. The fourth-order valence-electron chi connectivity index (χ4n) is 2.52. The number of aryl methyl sites for hydroxylation is 1. The van der Waals surface area contributed by atoms with Crippen LogP contribution in [0, 0.1) is 0 Å². The largest absolute Gasteiger partial charge is 0.476 e. The van der Waals surface area contributed by atoms with E-state index in [1.54, 1.807) is 0 Å². The summed E-state index contributed by atoms with van der Waals surface area (Å²) in [5, 5.41) is 0. The lowest BCUT2D eigenvalue weighted by molar-refractivity contribution is 0.193. The lowest BCUT2D eigenvalue weighted by Gasteiger charge is -2.27. The van der Waals surface area contributed by atoms with Crippen molar-refractivity contribution in [2.45, 2.75) is 57.4 Å². The monoisotopic (exact) mass is 265 g/mol. The van der Waals surface area contributed by atoms with Gasteiger partial charge in [0.1, 0.15) is 12.4 Å². The van der Waals surface area contributed by atoms with Crippen molar-refractivity contribution in [2.24, 2.45) is 5.73 Å². The summed E-state index contributed by atoms with van der Waals surface area (Å²) in [4.78, 5) is 18.4. The zero-order valence-corrected chi connectivity index (χ0v) is 11.6. The number of nitrogens with two attached hydrogens (primary N) is 1. The van der Waals surface area contributed by atoms with E-state index in [1.807, 2.05) is 6.92 Å². The van der Waals surface area contributed by atoms with Gasteiger partial charge in [-0.2, -0.15) is 0 Å². The Morgan fingerprint density at radius 3 is 2.68 bits per heavy atom. The van der Waals surface area contributed by atoms with E-state index in [0.29, 0.717) is 24.7 Å². The van der Waals surface area contributed by atoms with Gasteiger partial charge < -0.3 is 15.5 Å². The first kappa shape index (κ1) is 14.1. The second kappa shape index (κ2) is 6.19. The minimum atomic E-state index is -0.271. The number of hydrogen-bond donors (Lipinski definition) is 2. The van der Waals surface area contributed by atoms with Gasteiger partial charge >= 0.3 is 0 Å². The van der Waals surface area contributed by atoms with Gasteiger partial charge in [0.25, 0.3) is 5.56 Å². The first-order valence-corrected chi connectivity index (χ1v) is 7.13. The van der Waals surface area contributed by atoms with Crippen molar-refractivity contribution in [3.05, 3.63) is 22.2 Å². The van der Waals surface area contributed by atoms with Gasteiger partial charge in [-0.1, -0.05) is 32.6 Å². The predicted molar refractivity (Wildman–Crippen MR) is 74.4 cm³/mol. The van der Waals surface area contributed by atoms with Crippen molar-refractivity contribution < 1.29 is 4.74 Å². The molecule has 1 fully saturated rings. The Morgan fingerprint density at radius 1 is 1.37 bits per heavy atom. The minimum absolute atomic E-state index is 0.172. The topological polar surface area (TPSA) is 81.0 Å². The van der Waals surface area contributed by atoms with Crippen LogP contribution in [-0.4, -0.2) is 22.1 Å². The minimum Gasteiger partial charge on any atom is -0.476 e. The van der Waals surface area contributed by atoms with Crippen LogP contribution in [-0.2, 0) is 6.42 Å². The maximum Gasteiger partial charge on any atom is 0.254 e. The van der Waals surface area contributed by atoms with E-state index in [4.69, 9.17) is 10.5 Å². The number of nitrogens with zero attached hydrogens (tertiary/aromatic N) is 1. The summed E-state index contributed by atoms with van der Waals surface area (Å²) >= 11 is 0. The lowest BCUT2D eigenvalue weighted by Crippen LogP contribution is -2.45. The summed E-state index contributed by atoms with van der Waals surface area (Å²) < 4.78 is 5.67. The molecule has 0 atom stereocenters. The molecule has 0 amide bonds. The zero-order valence-electron chi connectivity index (χ0n) is 11.6. The highest BCUT2D eigenvalue weighted by atomic mass is 16.5. The van der Waals surface area contributed by atoms with Gasteiger partial charge in [0, 0.05) is 6.42 Å². The molecular weight excluding hydrogens is 242 g/mol. The summed E-state index contributed by atoms with van der Waals surface area (Å²) in [7, 11) is 0. The van der Waals surface area contributed by atoms with Crippen LogP contribution in [0.1, 0.15) is 51.3 Å². The Labute approximate surface area is 113 Å². The first-order valence-electron chi connectivity index (χ1n) is 7.13. The Kier molecular flexibility index (Phi) is 4.58. The standard InChI is InChI=1S/C14H23N3O2/c1-2-11-16-12(18)9-13(17-11)19-10-14(15)7-5-3-4-6-8-14/h9H,2-8,10,15H2,1H3,(H,16,17,18). The van der Waals surface area contributed by atoms with Gasteiger partial charge in [-0.3, -0.25) is 4.79 Å². The fourth-order valence-corrected chi connectivity index (χ4v) is 2.52. The summed E-state index contributed by atoms with van der Waals surface area (Å²) in [5.41, 5.74) is 5.93. The van der Waals surface area contributed by atoms with Crippen LogP contribution in [0.25, 0.3) is 0 Å². The fraction of sp³-hybridized carbons (Fsp3) is 0.714. The number of hydrogen-bond acceptors (Lipinski definition) is 4. The highest BCUT2D eigenvalue weighted by Gasteiger charge is 2.27. The maximum atomic E-state index is 11.4. The predicted octanol–water partition coefficient (Wildman–Crippen LogP) is 1.76. The summed E-state index contributed by atoms with van der Waals surface area (Å²) in [6.45, 7) is 2.38. The summed E-state index contributed by atoms with van der Waals surface area (Å²) in [6, 6.07) is 1.39. The van der Waals surface area contributed by atoms with Gasteiger partial charge in [0.15, 0.2) is 0 Å². The van der Waals surface area contributed by atoms with Gasteiger partial charge in [-0.25, -0.2) is 4.98 Å². The van der Waals surface area contributed by atoms with Gasteiger partial charge in [0.05, 0.1) is 11.6 Å². The Hall–Kier alpha value is -1.36. The number of nitrogens with one attached hydrogen (secondary N) is 1. The highest BCUT2D eigenvalue weighted by Crippen LogP contribution is 2.25. The molecule has 0 saturated heterocycles. The van der Waals surface area contributed by atoms with E-state index in [9.17, 15) is 4.79 Å². The number of ether oxygens (including phenoxy) is 1. The number of rotatable bonds is 4. The Morgan fingerprint density at radius 2 is 2.05 bits per heavy atom. The lowest BCUT2D eigenvalue weighted by atomic mass is 9.93. The molecule has 0 aliphatic heterocycles. The highest BCUT2D eigenvalue weighted by molar-refractivity contribution is 5.09. The molecule has 0 bridgehead atoms. The molecule has 0 radical (unpaired) electrons. The molecule has 0 aromatic carbocycles. The van der Waals surface area contributed by atoms with E-state index in [1.165, 1.54) is 18.9 Å². The van der Waals surface area contributed by atoms with E-state index in [-0.39, 0.29) is 11.1 Å². The second-order valence-corrected chi connectivity index (χ2v) is 5.45. The second-order valence-electron chi connectivity index (χ2n) is 5.45. The molecule has 3 N–H and O–H groups in total. The van der Waals surface area contributed by atoms with Crippen molar-refractivity contribution in [3.63, 3.8) is 0 Å². The molecule has 1 aliphatic carbocycles. The van der Waals surface area contributed by atoms with Crippen molar-refractivity contribution in [2.75, 3.05) is 6.61 Å². The summed E-state index contributed by atoms with van der Waals surface area (Å²) in [5.74, 6) is 1.03. The molecule has 5 nitrogen and oxygen atoms in total. The van der Waals surface area contributed by atoms with Crippen LogP contribution in [0.4, 0.5) is 0 Å². The third-order valence-corrected chi connectivity index (χ3v) is 3.71. The average Bonchev–Trinajstić information content (AvgIpc) is 2.61. The molecule has 106 valence electrons. The normalized spacial score (nSPS) is 18.8. The molecule has 0 unspecified atom stereocenters. The first-order chi connectivity index (χ1) is 9.11. The number of aromatic amines is 1. The van der Waals surface area contributed by atoms with Gasteiger partial charge in [0.2, 0.25) is 5.88 Å². The van der Waals surface area contributed by atoms with E-state index in [0.717, 1.165) is 25.7 Å². The van der Waals surface area contributed by atoms with Crippen LogP contribution in [0.2, 0.25) is 0 Å². The van der Waals surface area contributed by atoms with Crippen molar-refractivity contribution in [1.29, 1.82) is 0 Å². The van der Waals surface area contributed by atoms with E-state index < -0.39 is 0 Å². The van der Waals surface area contributed by atoms with Crippen LogP contribution in [0.15, 0.2) is 10.9 Å². The molecule has 1 heterocycles. The van der Waals surface area contributed by atoms with E-state index in [2.05, 4.69) is 9.97 Å². The molecule has 2 rings (SSSR count). The zero-order chi connectivity index (χ0) is 13.7. The molecule has 1 aliphatic rings.